The first kappa shape index (κ1) is 7.18. The molecule has 2 rings (SSSR count). The molecule has 0 fully saturated rings. The highest BCUT2D eigenvalue weighted by Crippen LogP contribution is 2.35. The van der Waals surface area contributed by atoms with Gasteiger partial charge >= 0.3 is 0 Å². The lowest BCUT2D eigenvalue weighted by molar-refractivity contribution is -0.254. The fourth-order valence-corrected chi connectivity index (χ4v) is 3.40. The summed E-state index contributed by atoms with van der Waals surface area (Å²) in [5, 5.41) is 10.4. The van der Waals surface area contributed by atoms with Crippen LogP contribution in [-0.2, 0) is 11.5 Å². The van der Waals surface area contributed by atoms with Crippen LogP contribution in [0.2, 0.25) is 0 Å². The highest BCUT2D eigenvalue weighted by molar-refractivity contribution is 7.98. The van der Waals surface area contributed by atoms with Gasteiger partial charge in [-0.05, 0) is 11.6 Å². The summed E-state index contributed by atoms with van der Waals surface area (Å²) in [5.74, 6) is 0.876. The van der Waals surface area contributed by atoms with E-state index in [1.54, 1.807) is 6.07 Å². The molecule has 58 valence electrons. The Morgan fingerprint density at radius 2 is 2.36 bits per heavy atom. The molecule has 2 heterocycles. The summed E-state index contributed by atoms with van der Waals surface area (Å²) in [6.07, 6.45) is 0. The van der Waals surface area contributed by atoms with Crippen molar-refractivity contribution in [1.29, 1.82) is 0 Å². The van der Waals surface area contributed by atoms with Crippen molar-refractivity contribution in [1.82, 2.24) is 0 Å². The van der Waals surface area contributed by atoms with Crippen LogP contribution in [0.5, 0.6) is 0 Å². The van der Waals surface area contributed by atoms with Gasteiger partial charge in [-0.2, -0.15) is 11.8 Å². The Morgan fingerprint density at radius 1 is 1.55 bits per heavy atom. The minimum Gasteiger partial charge on any atom is -0.544 e. The van der Waals surface area contributed by atoms with Crippen LogP contribution in [0.15, 0.2) is 6.07 Å². The molecule has 4 heteroatoms. The highest BCUT2D eigenvalue weighted by atomic mass is 32.2. The number of thioether (sulfide) groups is 1. The van der Waals surface area contributed by atoms with Crippen molar-refractivity contribution in [2.45, 2.75) is 11.5 Å². The van der Waals surface area contributed by atoms with Crippen LogP contribution in [0, 0.1) is 0 Å². The number of carboxylic acids is 1. The second-order valence-corrected chi connectivity index (χ2v) is 4.46. The fourth-order valence-electron chi connectivity index (χ4n) is 1.07. The Bertz CT molecular complexity index is 282. The van der Waals surface area contributed by atoms with Crippen molar-refractivity contribution in [3.63, 3.8) is 0 Å². The van der Waals surface area contributed by atoms with Gasteiger partial charge < -0.3 is 9.90 Å². The molecule has 0 spiro atoms. The molecule has 11 heavy (non-hydrogen) atoms. The number of aromatic carboxylic acids is 1. The third-order valence-corrected chi connectivity index (χ3v) is 3.94. The van der Waals surface area contributed by atoms with Crippen molar-refractivity contribution in [3.05, 3.63) is 21.4 Å². The van der Waals surface area contributed by atoms with E-state index in [4.69, 9.17) is 0 Å². The maximum absolute atomic E-state index is 10.4. The van der Waals surface area contributed by atoms with Crippen LogP contribution in [-0.4, -0.2) is 5.97 Å². The van der Waals surface area contributed by atoms with E-state index in [0.717, 1.165) is 11.5 Å². The van der Waals surface area contributed by atoms with Crippen molar-refractivity contribution < 1.29 is 9.90 Å². The normalized spacial score (nSPS) is 14.9. The van der Waals surface area contributed by atoms with E-state index in [2.05, 4.69) is 0 Å². The molecule has 1 aromatic heterocycles. The lowest BCUT2D eigenvalue weighted by Crippen LogP contribution is -2.20. The van der Waals surface area contributed by atoms with Crippen LogP contribution >= 0.6 is 23.1 Å². The average Bonchev–Trinajstić information content (AvgIpc) is 2.40. The summed E-state index contributed by atoms with van der Waals surface area (Å²) in [6, 6.07) is 1.73. The first-order valence-corrected chi connectivity index (χ1v) is 5.15. The van der Waals surface area contributed by atoms with Gasteiger partial charge in [0.1, 0.15) is 0 Å². The molecule has 0 amide bonds. The van der Waals surface area contributed by atoms with Crippen LogP contribution in [0.3, 0.4) is 0 Å². The van der Waals surface area contributed by atoms with Gasteiger partial charge in [-0.25, -0.2) is 0 Å². The van der Waals surface area contributed by atoms with Crippen LogP contribution in [0.1, 0.15) is 20.1 Å². The Kier molecular flexibility index (Phi) is 1.65. The van der Waals surface area contributed by atoms with E-state index in [-0.39, 0.29) is 0 Å². The molecule has 1 aliphatic heterocycles. The molecule has 1 aromatic rings. The summed E-state index contributed by atoms with van der Waals surface area (Å²) in [7, 11) is 0. The van der Waals surface area contributed by atoms with Crippen molar-refractivity contribution in [2.24, 2.45) is 0 Å². The van der Waals surface area contributed by atoms with Gasteiger partial charge in [0.15, 0.2) is 0 Å². The van der Waals surface area contributed by atoms with Crippen LogP contribution < -0.4 is 5.11 Å². The number of hydrogen-bond acceptors (Lipinski definition) is 4. The molecular formula is C7H5O2S2-. The average molecular weight is 185 g/mol. The van der Waals surface area contributed by atoms with Crippen LogP contribution in [0.25, 0.3) is 0 Å². The zero-order valence-corrected chi connectivity index (χ0v) is 7.26. The number of carbonyl (C=O) groups is 1. The first-order valence-electron chi connectivity index (χ1n) is 3.18. The predicted molar refractivity (Wildman–Crippen MR) is 43.6 cm³/mol. The minimum absolute atomic E-state index is 0.371. The maximum Gasteiger partial charge on any atom is 0.0815 e. The summed E-state index contributed by atoms with van der Waals surface area (Å²) < 4.78 is 0. The van der Waals surface area contributed by atoms with Gasteiger partial charge in [0.25, 0.3) is 0 Å². The lowest BCUT2D eigenvalue weighted by atomic mass is 10.3. The van der Waals surface area contributed by atoms with E-state index in [1.165, 1.54) is 21.8 Å². The second-order valence-electron chi connectivity index (χ2n) is 2.34. The Morgan fingerprint density at radius 3 is 3.00 bits per heavy atom. The van der Waals surface area contributed by atoms with E-state index >= 15 is 0 Å². The largest absolute Gasteiger partial charge is 0.544 e. The smallest absolute Gasteiger partial charge is 0.0815 e. The van der Waals surface area contributed by atoms with Gasteiger partial charge in [0, 0.05) is 16.4 Å². The number of carboxylic acid groups (broad SMARTS) is 1. The van der Waals surface area contributed by atoms with Crippen LogP contribution in [0.4, 0.5) is 0 Å². The molecule has 0 aliphatic carbocycles. The lowest BCUT2D eigenvalue weighted by Gasteiger charge is -1.94. The van der Waals surface area contributed by atoms with E-state index in [1.807, 2.05) is 11.8 Å². The molecule has 0 aromatic carbocycles. The number of carbonyl (C=O) groups excluding carboxylic acids is 1. The third kappa shape index (κ3) is 1.16. The summed E-state index contributed by atoms with van der Waals surface area (Å²) >= 11 is 3.17. The molecule has 0 N–H and O–H groups in total. The molecule has 0 bridgehead atoms. The van der Waals surface area contributed by atoms with Crippen molar-refractivity contribution in [3.8, 4) is 0 Å². The summed E-state index contributed by atoms with van der Waals surface area (Å²) in [5.41, 5.74) is 1.18. The Labute approximate surface area is 72.2 Å². The molecular weight excluding hydrogens is 180 g/mol. The predicted octanol–water partition coefficient (Wildman–Crippen LogP) is 0.858. The Hall–Kier alpha value is -0.480. The standard InChI is InChI=1S/C7H6O2S2/c8-7(9)5-1-4-2-10-3-6(4)11-5/h1H,2-3H2,(H,8,9)/p-1. The van der Waals surface area contributed by atoms with Gasteiger partial charge in [-0.15, -0.1) is 11.3 Å². The van der Waals surface area contributed by atoms with Gasteiger partial charge in [0.2, 0.25) is 0 Å². The monoisotopic (exact) mass is 185 g/mol. The van der Waals surface area contributed by atoms with Gasteiger partial charge in [-0.3, -0.25) is 0 Å². The van der Waals surface area contributed by atoms with Gasteiger partial charge in [0.05, 0.1) is 10.8 Å². The molecule has 0 atom stereocenters. The van der Waals surface area contributed by atoms with E-state index in [0.29, 0.717) is 4.88 Å². The zero-order valence-electron chi connectivity index (χ0n) is 5.62. The number of fused-ring (bicyclic) bond motifs is 1. The van der Waals surface area contributed by atoms with E-state index < -0.39 is 5.97 Å². The molecule has 0 saturated carbocycles. The first-order chi connectivity index (χ1) is 5.27. The van der Waals surface area contributed by atoms with Gasteiger partial charge in [-0.1, -0.05) is 0 Å². The third-order valence-electron chi connectivity index (χ3n) is 1.59. The molecule has 0 radical (unpaired) electrons. The molecule has 2 nitrogen and oxygen atoms in total. The topological polar surface area (TPSA) is 40.1 Å². The highest BCUT2D eigenvalue weighted by Gasteiger charge is 2.14. The molecule has 0 saturated heterocycles. The molecule has 1 aliphatic rings. The zero-order chi connectivity index (χ0) is 7.84. The van der Waals surface area contributed by atoms with Crippen molar-refractivity contribution >= 4 is 29.1 Å². The number of hydrogen-bond donors (Lipinski definition) is 0. The Balaban J connectivity index is 2.42. The summed E-state index contributed by atoms with van der Waals surface area (Å²) in [6.45, 7) is 0. The number of thiophene rings is 1. The van der Waals surface area contributed by atoms with E-state index in [9.17, 15) is 9.90 Å². The SMILES string of the molecule is O=C([O-])c1cc2c(s1)CSC2. The summed E-state index contributed by atoms with van der Waals surface area (Å²) in [4.78, 5) is 12.0. The fraction of sp³-hybridized carbons (Fsp3) is 0.286. The minimum atomic E-state index is -1.05. The quantitative estimate of drug-likeness (QED) is 0.651. The second kappa shape index (κ2) is 2.53. The number of rotatable bonds is 1. The van der Waals surface area contributed by atoms with Crippen molar-refractivity contribution in [2.75, 3.05) is 0 Å². The molecule has 0 unspecified atom stereocenters. The maximum atomic E-state index is 10.4.